The number of carbonyl (C=O) groups is 3. The molecular weight excluding hydrogens is 558 g/mol. The monoisotopic (exact) mass is 599 g/mol. The van der Waals surface area contributed by atoms with E-state index in [1.807, 2.05) is 107 Å². The molecule has 2 fully saturated rings. The van der Waals surface area contributed by atoms with Crippen LogP contribution in [0.15, 0.2) is 78.9 Å². The molecule has 9 heteroatoms. The van der Waals surface area contributed by atoms with Gasteiger partial charge in [-0.25, -0.2) is 0 Å². The molecule has 232 valence electrons. The van der Waals surface area contributed by atoms with Gasteiger partial charge in [-0.15, -0.1) is 0 Å². The van der Waals surface area contributed by atoms with Gasteiger partial charge in [0.05, 0.1) is 36.7 Å². The molecule has 1 unspecified atom stereocenters. The van der Waals surface area contributed by atoms with Crippen LogP contribution in [0.5, 0.6) is 5.75 Å². The summed E-state index contributed by atoms with van der Waals surface area (Å²) in [4.78, 5) is 48.8. The van der Waals surface area contributed by atoms with Crippen molar-refractivity contribution in [3.8, 4) is 5.75 Å². The van der Waals surface area contributed by atoms with Crippen molar-refractivity contribution in [3.63, 3.8) is 0 Å². The number of carbonyl (C=O) groups excluding carboxylic acids is 3. The minimum Gasteiger partial charge on any atom is -0.494 e. The van der Waals surface area contributed by atoms with Crippen LogP contribution < -0.4 is 9.64 Å². The zero-order valence-corrected chi connectivity index (χ0v) is 25.8. The first-order valence-electron chi connectivity index (χ1n) is 15.5. The summed E-state index contributed by atoms with van der Waals surface area (Å²) < 4.78 is 12.5. The van der Waals surface area contributed by atoms with Gasteiger partial charge in [-0.1, -0.05) is 54.6 Å². The number of fused-ring (bicyclic) bond motifs is 2. The van der Waals surface area contributed by atoms with E-state index in [0.717, 1.165) is 5.56 Å². The van der Waals surface area contributed by atoms with Crippen LogP contribution in [0, 0.1) is 11.8 Å². The smallest absolute Gasteiger partial charge is 0.249 e. The molecule has 0 saturated carbocycles. The summed E-state index contributed by atoms with van der Waals surface area (Å²) in [6.07, 6.45) is 7.87. The fraction of sp³-hybridized carbons (Fsp3) is 0.457. The molecule has 44 heavy (non-hydrogen) atoms. The maximum atomic E-state index is 14.8. The lowest BCUT2D eigenvalue weighted by Crippen LogP contribution is -2.59. The number of aliphatic hydroxyl groups is 1. The van der Waals surface area contributed by atoms with E-state index in [2.05, 4.69) is 0 Å². The number of nitrogens with zero attached hydrogens (tertiary/aromatic N) is 3. The number of rotatable bonds is 8. The molecule has 2 aromatic rings. The molecule has 6 rings (SSSR count). The predicted octanol–water partition coefficient (Wildman–Crippen LogP) is 3.37. The third-order valence-corrected chi connectivity index (χ3v) is 9.53. The topological polar surface area (TPSA) is 99.6 Å². The number of likely N-dealkylation sites (tertiary alicyclic amines) is 1. The van der Waals surface area contributed by atoms with Gasteiger partial charge in [-0.2, -0.15) is 0 Å². The van der Waals surface area contributed by atoms with E-state index in [0.29, 0.717) is 37.6 Å². The number of hydrogen-bond acceptors (Lipinski definition) is 6. The molecule has 3 amide bonds. The second-order valence-corrected chi connectivity index (χ2v) is 12.5. The van der Waals surface area contributed by atoms with Crippen LogP contribution in [0.25, 0.3) is 0 Å². The zero-order valence-electron chi connectivity index (χ0n) is 25.8. The first-order valence-corrected chi connectivity index (χ1v) is 15.5. The van der Waals surface area contributed by atoms with Crippen molar-refractivity contribution >= 4 is 23.4 Å². The average Bonchev–Trinajstić information content (AvgIpc) is 3.28. The molecule has 4 heterocycles. The molecule has 0 radical (unpaired) electrons. The largest absolute Gasteiger partial charge is 0.494 e. The highest BCUT2D eigenvalue weighted by Gasteiger charge is 2.75. The standard InChI is InChI=1S/C35H41N3O6/c1-5-43-27-15-13-25(14-16-27)37-20-9-17-34(4)28(31(37)40)29-32(41)38(26(22-39)21-24-11-7-6-8-12-24)30-33(42)36(23(2)3)19-10-18-35(29,30)44-34/h6-18,23,26,28-30,39H,5,19-22H2,1-4H3/t26-,28+,29+,30?,34-,35+/m1/s1. The molecule has 6 atom stereocenters. The van der Waals surface area contributed by atoms with Gasteiger partial charge in [0.2, 0.25) is 17.7 Å². The van der Waals surface area contributed by atoms with Crippen molar-refractivity contribution < 1.29 is 29.0 Å². The Morgan fingerprint density at radius 1 is 0.932 bits per heavy atom. The fourth-order valence-electron chi connectivity index (χ4n) is 7.59. The highest BCUT2D eigenvalue weighted by atomic mass is 16.5. The molecule has 0 aromatic heterocycles. The van der Waals surface area contributed by atoms with Crippen molar-refractivity contribution in [2.45, 2.75) is 63.4 Å². The summed E-state index contributed by atoms with van der Waals surface area (Å²) in [5.74, 6) is -1.99. The van der Waals surface area contributed by atoms with Crippen molar-refractivity contribution in [2.24, 2.45) is 11.8 Å². The lowest BCUT2D eigenvalue weighted by molar-refractivity contribution is -0.155. The average molecular weight is 600 g/mol. The Labute approximate surface area is 258 Å². The lowest BCUT2D eigenvalue weighted by Gasteiger charge is -2.40. The molecule has 4 aliphatic heterocycles. The minimum atomic E-state index is -1.39. The number of aliphatic hydroxyl groups excluding tert-OH is 1. The second kappa shape index (κ2) is 11.5. The molecule has 2 saturated heterocycles. The minimum absolute atomic E-state index is 0.126. The number of benzene rings is 2. The van der Waals surface area contributed by atoms with Crippen LogP contribution in [-0.4, -0.2) is 88.3 Å². The van der Waals surface area contributed by atoms with Gasteiger partial charge in [-0.3, -0.25) is 14.4 Å². The van der Waals surface area contributed by atoms with Gasteiger partial charge in [-0.05, 0) is 63.9 Å². The zero-order chi connectivity index (χ0) is 31.2. The number of amides is 3. The second-order valence-electron chi connectivity index (χ2n) is 12.5. The van der Waals surface area contributed by atoms with Gasteiger partial charge in [0, 0.05) is 24.8 Å². The molecule has 0 aliphatic carbocycles. The Morgan fingerprint density at radius 2 is 1.64 bits per heavy atom. The van der Waals surface area contributed by atoms with Gasteiger partial charge in [0.1, 0.15) is 17.4 Å². The molecule has 2 aromatic carbocycles. The maximum Gasteiger partial charge on any atom is 0.249 e. The summed E-state index contributed by atoms with van der Waals surface area (Å²) in [6, 6.07) is 15.1. The van der Waals surface area contributed by atoms with E-state index in [-0.39, 0.29) is 30.4 Å². The first-order chi connectivity index (χ1) is 21.1. The van der Waals surface area contributed by atoms with Crippen LogP contribution in [0.4, 0.5) is 5.69 Å². The van der Waals surface area contributed by atoms with E-state index in [1.165, 1.54) is 4.90 Å². The van der Waals surface area contributed by atoms with Crippen molar-refractivity contribution in [2.75, 3.05) is 31.2 Å². The van der Waals surface area contributed by atoms with Crippen LogP contribution in [0.3, 0.4) is 0 Å². The first kappa shape index (κ1) is 30.1. The van der Waals surface area contributed by atoms with Gasteiger partial charge >= 0.3 is 0 Å². The molecule has 1 spiro atoms. The van der Waals surface area contributed by atoms with Gasteiger partial charge < -0.3 is 29.3 Å². The van der Waals surface area contributed by atoms with E-state index in [1.54, 1.807) is 9.80 Å². The highest BCUT2D eigenvalue weighted by Crippen LogP contribution is 2.58. The SMILES string of the molecule is CCOc1ccc(N2CC=C[C@@]3(C)O[C@]45C=CCN(C(C)C)C(=O)C4N([C@@H](CO)Cc4ccccc4)C(=O)[C@@H]5[C@H]3C2=O)cc1. The molecule has 0 bridgehead atoms. The van der Waals surface area contributed by atoms with E-state index < -0.39 is 35.1 Å². The fourth-order valence-corrected chi connectivity index (χ4v) is 7.59. The number of ether oxygens (including phenoxy) is 2. The third kappa shape index (κ3) is 4.73. The van der Waals surface area contributed by atoms with Gasteiger partial charge in [0.15, 0.2) is 0 Å². The summed E-state index contributed by atoms with van der Waals surface area (Å²) in [5.41, 5.74) is -0.900. The van der Waals surface area contributed by atoms with Crippen LogP contribution in [0.2, 0.25) is 0 Å². The van der Waals surface area contributed by atoms with Gasteiger partial charge in [0.25, 0.3) is 0 Å². The Morgan fingerprint density at radius 3 is 2.30 bits per heavy atom. The quantitative estimate of drug-likeness (QED) is 0.468. The third-order valence-electron chi connectivity index (χ3n) is 9.53. The molecule has 9 nitrogen and oxygen atoms in total. The molecule has 4 aliphatic rings. The molecule has 1 N–H and O–H groups in total. The summed E-state index contributed by atoms with van der Waals surface area (Å²) in [5, 5.41) is 10.7. The van der Waals surface area contributed by atoms with Crippen molar-refractivity contribution in [1.29, 1.82) is 0 Å². The van der Waals surface area contributed by atoms with E-state index in [4.69, 9.17) is 9.47 Å². The molecular formula is C35H41N3O6. The van der Waals surface area contributed by atoms with Crippen LogP contribution in [0.1, 0.15) is 33.3 Å². The Balaban J connectivity index is 1.45. The lowest BCUT2D eigenvalue weighted by atomic mass is 9.74. The Hall–Kier alpha value is -3.95. The number of anilines is 1. The maximum absolute atomic E-state index is 14.8. The van der Waals surface area contributed by atoms with Crippen molar-refractivity contribution in [1.82, 2.24) is 9.80 Å². The van der Waals surface area contributed by atoms with E-state index in [9.17, 15) is 19.5 Å². The van der Waals surface area contributed by atoms with E-state index >= 15 is 0 Å². The van der Waals surface area contributed by atoms with Crippen molar-refractivity contribution in [3.05, 3.63) is 84.5 Å². The Bertz CT molecular complexity index is 1470. The Kier molecular flexibility index (Phi) is 7.88. The van der Waals surface area contributed by atoms with Crippen LogP contribution >= 0.6 is 0 Å². The number of hydrogen-bond donors (Lipinski definition) is 1. The summed E-state index contributed by atoms with van der Waals surface area (Å²) >= 11 is 0. The highest BCUT2D eigenvalue weighted by molar-refractivity contribution is 6.04. The summed E-state index contributed by atoms with van der Waals surface area (Å²) in [7, 11) is 0. The predicted molar refractivity (Wildman–Crippen MR) is 166 cm³/mol. The van der Waals surface area contributed by atoms with Crippen LogP contribution in [-0.2, 0) is 25.5 Å². The summed E-state index contributed by atoms with van der Waals surface area (Å²) in [6.45, 7) is 8.50. The normalized spacial score (nSPS) is 30.3.